The SMILES string of the molecule is CNC1CCCCC1Sc1ncco1. The van der Waals surface area contributed by atoms with Gasteiger partial charge in [-0.15, -0.1) is 0 Å². The van der Waals surface area contributed by atoms with Crippen molar-refractivity contribution < 1.29 is 4.42 Å². The summed E-state index contributed by atoms with van der Waals surface area (Å²) in [6.07, 6.45) is 8.55. The van der Waals surface area contributed by atoms with Gasteiger partial charge in [-0.1, -0.05) is 24.6 Å². The third-order valence-electron chi connectivity index (χ3n) is 2.74. The lowest BCUT2D eigenvalue weighted by atomic mass is 9.95. The molecule has 0 radical (unpaired) electrons. The fourth-order valence-corrected chi connectivity index (χ4v) is 3.18. The van der Waals surface area contributed by atoms with Crippen LogP contribution in [-0.2, 0) is 0 Å². The number of aromatic nitrogens is 1. The molecule has 1 aliphatic rings. The monoisotopic (exact) mass is 212 g/mol. The predicted molar refractivity (Wildman–Crippen MR) is 57.5 cm³/mol. The van der Waals surface area contributed by atoms with Crippen LogP contribution in [0.2, 0.25) is 0 Å². The van der Waals surface area contributed by atoms with Crippen molar-refractivity contribution in [3.05, 3.63) is 12.5 Å². The zero-order valence-corrected chi connectivity index (χ0v) is 9.22. The van der Waals surface area contributed by atoms with Gasteiger partial charge in [0.2, 0.25) is 0 Å². The second-order valence-corrected chi connectivity index (χ2v) is 4.82. The molecule has 1 aromatic heterocycles. The molecule has 1 aromatic rings. The van der Waals surface area contributed by atoms with E-state index in [4.69, 9.17) is 4.42 Å². The molecular formula is C10H16N2OS. The Balaban J connectivity index is 1.94. The van der Waals surface area contributed by atoms with Gasteiger partial charge in [-0.05, 0) is 19.9 Å². The smallest absolute Gasteiger partial charge is 0.255 e. The summed E-state index contributed by atoms with van der Waals surface area (Å²) in [4.78, 5) is 4.15. The van der Waals surface area contributed by atoms with E-state index >= 15 is 0 Å². The summed E-state index contributed by atoms with van der Waals surface area (Å²) < 4.78 is 5.25. The van der Waals surface area contributed by atoms with Crippen LogP contribution in [-0.4, -0.2) is 23.3 Å². The van der Waals surface area contributed by atoms with E-state index in [1.807, 2.05) is 7.05 Å². The van der Waals surface area contributed by atoms with Gasteiger partial charge in [0.15, 0.2) is 0 Å². The average Bonchev–Trinajstić information content (AvgIpc) is 2.71. The van der Waals surface area contributed by atoms with Crippen LogP contribution in [0.4, 0.5) is 0 Å². The van der Waals surface area contributed by atoms with Gasteiger partial charge in [-0.3, -0.25) is 0 Å². The minimum Gasteiger partial charge on any atom is -0.440 e. The molecule has 2 unspecified atom stereocenters. The molecule has 1 heterocycles. The number of nitrogens with zero attached hydrogens (tertiary/aromatic N) is 1. The van der Waals surface area contributed by atoms with E-state index in [-0.39, 0.29) is 0 Å². The highest BCUT2D eigenvalue weighted by atomic mass is 32.2. The summed E-state index contributed by atoms with van der Waals surface area (Å²) in [5.74, 6) is 0. The van der Waals surface area contributed by atoms with E-state index in [1.54, 1.807) is 24.2 Å². The largest absolute Gasteiger partial charge is 0.440 e. The maximum atomic E-state index is 5.25. The molecule has 0 aliphatic heterocycles. The molecule has 1 fully saturated rings. The quantitative estimate of drug-likeness (QED) is 0.834. The van der Waals surface area contributed by atoms with Gasteiger partial charge >= 0.3 is 0 Å². The van der Waals surface area contributed by atoms with Gasteiger partial charge in [0.1, 0.15) is 6.26 Å². The lowest BCUT2D eigenvalue weighted by molar-refractivity contribution is 0.398. The van der Waals surface area contributed by atoms with Crippen LogP contribution in [0.25, 0.3) is 0 Å². The standard InChI is InChI=1S/C10H16N2OS/c1-11-8-4-2-3-5-9(8)14-10-12-6-7-13-10/h6-9,11H,2-5H2,1H3. The van der Waals surface area contributed by atoms with Crippen LogP contribution in [0.5, 0.6) is 0 Å². The van der Waals surface area contributed by atoms with Gasteiger partial charge in [-0.2, -0.15) is 0 Å². The molecule has 0 saturated heterocycles. The molecule has 3 nitrogen and oxygen atoms in total. The summed E-state index contributed by atoms with van der Waals surface area (Å²) >= 11 is 1.76. The summed E-state index contributed by atoms with van der Waals surface area (Å²) in [7, 11) is 2.04. The second-order valence-electron chi connectivity index (χ2n) is 3.63. The number of thioether (sulfide) groups is 1. The first kappa shape index (κ1) is 10.1. The van der Waals surface area contributed by atoms with Crippen molar-refractivity contribution in [2.75, 3.05) is 7.05 Å². The second kappa shape index (κ2) is 4.84. The maximum absolute atomic E-state index is 5.25. The summed E-state index contributed by atoms with van der Waals surface area (Å²) in [5, 5.41) is 4.80. The fraction of sp³-hybridized carbons (Fsp3) is 0.700. The van der Waals surface area contributed by atoms with E-state index in [9.17, 15) is 0 Å². The molecule has 78 valence electrons. The molecule has 0 spiro atoms. The van der Waals surface area contributed by atoms with E-state index in [0.29, 0.717) is 11.3 Å². The Kier molecular flexibility index (Phi) is 3.48. The molecule has 4 heteroatoms. The van der Waals surface area contributed by atoms with Gasteiger partial charge in [0.25, 0.3) is 5.22 Å². The average molecular weight is 212 g/mol. The fourth-order valence-electron chi connectivity index (χ4n) is 1.97. The Morgan fingerprint density at radius 3 is 3.07 bits per heavy atom. The van der Waals surface area contributed by atoms with Gasteiger partial charge in [0, 0.05) is 11.3 Å². The molecule has 1 saturated carbocycles. The maximum Gasteiger partial charge on any atom is 0.255 e. The Hall–Kier alpha value is -0.480. The van der Waals surface area contributed by atoms with Crippen molar-refractivity contribution in [3.8, 4) is 0 Å². The Labute approximate surface area is 88.7 Å². The molecule has 1 N–H and O–H groups in total. The van der Waals surface area contributed by atoms with Crippen LogP contribution in [0.15, 0.2) is 22.1 Å². The van der Waals surface area contributed by atoms with Crippen molar-refractivity contribution in [2.45, 2.75) is 42.2 Å². The van der Waals surface area contributed by atoms with E-state index in [0.717, 1.165) is 5.22 Å². The van der Waals surface area contributed by atoms with E-state index in [1.165, 1.54) is 25.7 Å². The van der Waals surface area contributed by atoms with Crippen LogP contribution in [0.3, 0.4) is 0 Å². The van der Waals surface area contributed by atoms with Crippen LogP contribution in [0, 0.1) is 0 Å². The summed E-state index contributed by atoms with van der Waals surface area (Å²) in [5.41, 5.74) is 0. The molecule has 0 amide bonds. The van der Waals surface area contributed by atoms with Crippen molar-refractivity contribution in [1.82, 2.24) is 10.3 Å². The number of nitrogens with one attached hydrogen (secondary N) is 1. The van der Waals surface area contributed by atoms with Gasteiger partial charge in [0.05, 0.1) is 6.20 Å². The lowest BCUT2D eigenvalue weighted by Gasteiger charge is -2.29. The van der Waals surface area contributed by atoms with Crippen molar-refractivity contribution in [1.29, 1.82) is 0 Å². The zero-order chi connectivity index (χ0) is 9.80. The number of hydrogen-bond donors (Lipinski definition) is 1. The Bertz CT molecular complexity index is 263. The number of rotatable bonds is 3. The molecule has 14 heavy (non-hydrogen) atoms. The highest BCUT2D eigenvalue weighted by Gasteiger charge is 2.25. The van der Waals surface area contributed by atoms with Crippen LogP contribution in [0.1, 0.15) is 25.7 Å². The summed E-state index contributed by atoms with van der Waals surface area (Å²) in [6.45, 7) is 0. The topological polar surface area (TPSA) is 38.1 Å². The van der Waals surface area contributed by atoms with E-state index < -0.39 is 0 Å². The number of oxazole rings is 1. The van der Waals surface area contributed by atoms with Crippen LogP contribution < -0.4 is 5.32 Å². The zero-order valence-electron chi connectivity index (χ0n) is 8.40. The van der Waals surface area contributed by atoms with Gasteiger partial charge in [-0.25, -0.2) is 4.98 Å². The molecular weight excluding hydrogens is 196 g/mol. The predicted octanol–water partition coefficient (Wildman–Crippen LogP) is 2.30. The van der Waals surface area contributed by atoms with E-state index in [2.05, 4.69) is 10.3 Å². The highest BCUT2D eigenvalue weighted by molar-refractivity contribution is 7.99. The molecule has 0 aromatic carbocycles. The Morgan fingerprint density at radius 2 is 2.36 bits per heavy atom. The molecule has 1 aliphatic carbocycles. The number of hydrogen-bond acceptors (Lipinski definition) is 4. The molecule has 0 bridgehead atoms. The molecule has 2 atom stereocenters. The minimum absolute atomic E-state index is 0.612. The Morgan fingerprint density at radius 1 is 1.50 bits per heavy atom. The first-order chi connectivity index (χ1) is 6.90. The first-order valence-electron chi connectivity index (χ1n) is 5.13. The normalized spacial score (nSPS) is 27.8. The lowest BCUT2D eigenvalue weighted by Crippen LogP contribution is -2.38. The van der Waals surface area contributed by atoms with Crippen molar-refractivity contribution in [2.24, 2.45) is 0 Å². The molecule has 2 rings (SSSR count). The van der Waals surface area contributed by atoms with Crippen molar-refractivity contribution in [3.63, 3.8) is 0 Å². The van der Waals surface area contributed by atoms with Crippen molar-refractivity contribution >= 4 is 11.8 Å². The minimum atomic E-state index is 0.612. The summed E-state index contributed by atoms with van der Waals surface area (Å²) in [6, 6.07) is 0.612. The first-order valence-corrected chi connectivity index (χ1v) is 6.01. The van der Waals surface area contributed by atoms with Gasteiger partial charge < -0.3 is 9.73 Å². The third-order valence-corrected chi connectivity index (χ3v) is 4.01. The van der Waals surface area contributed by atoms with Crippen LogP contribution >= 0.6 is 11.8 Å². The third kappa shape index (κ3) is 2.30. The highest BCUT2D eigenvalue weighted by Crippen LogP contribution is 2.32.